The minimum atomic E-state index is -0.985. The molecule has 98 valence electrons. The number of carbonyl (C=O) groups is 2. The van der Waals surface area contributed by atoms with Gasteiger partial charge in [-0.2, -0.15) is 0 Å². The lowest BCUT2D eigenvalue weighted by Gasteiger charge is -2.30. The van der Waals surface area contributed by atoms with E-state index in [2.05, 4.69) is 5.32 Å². The molecule has 1 fully saturated rings. The van der Waals surface area contributed by atoms with E-state index in [-0.39, 0.29) is 31.4 Å². The Morgan fingerprint density at radius 2 is 2.12 bits per heavy atom. The third-order valence-electron chi connectivity index (χ3n) is 3.38. The van der Waals surface area contributed by atoms with Crippen LogP contribution in [-0.4, -0.2) is 59.3 Å². The monoisotopic (exact) mass is 244 g/mol. The fourth-order valence-electron chi connectivity index (χ4n) is 1.84. The Labute approximate surface area is 101 Å². The van der Waals surface area contributed by atoms with Crippen LogP contribution in [0.25, 0.3) is 0 Å². The minimum absolute atomic E-state index is 0.0553. The molecule has 1 saturated heterocycles. The van der Waals surface area contributed by atoms with Gasteiger partial charge in [-0.3, -0.25) is 9.59 Å². The normalized spacial score (nSPS) is 20.8. The summed E-state index contributed by atoms with van der Waals surface area (Å²) in [7, 11) is 1.65. The lowest BCUT2D eigenvalue weighted by molar-refractivity contribution is -0.130. The predicted octanol–water partition coefficient (Wildman–Crippen LogP) is -1.29. The van der Waals surface area contributed by atoms with Gasteiger partial charge in [0.1, 0.15) is 0 Å². The summed E-state index contributed by atoms with van der Waals surface area (Å²) in [5.74, 6) is -0.732. The van der Waals surface area contributed by atoms with Crippen molar-refractivity contribution < 1.29 is 19.8 Å². The molecule has 6 nitrogen and oxygen atoms in total. The van der Waals surface area contributed by atoms with Crippen molar-refractivity contribution in [2.75, 3.05) is 26.8 Å². The molecule has 1 atom stereocenters. The second kappa shape index (κ2) is 5.46. The quantitative estimate of drug-likeness (QED) is 0.561. The summed E-state index contributed by atoms with van der Waals surface area (Å²) < 4.78 is 0. The SMILES string of the molecule is CCC(CO)(CO)NC(=O)C1CC(=O)N(C)C1. The van der Waals surface area contributed by atoms with Gasteiger partial charge in [0.2, 0.25) is 11.8 Å². The molecule has 0 spiro atoms. The van der Waals surface area contributed by atoms with E-state index in [0.29, 0.717) is 13.0 Å². The van der Waals surface area contributed by atoms with E-state index in [9.17, 15) is 19.8 Å². The summed E-state index contributed by atoms with van der Waals surface area (Å²) in [5.41, 5.74) is -0.985. The van der Waals surface area contributed by atoms with E-state index < -0.39 is 11.5 Å². The molecule has 1 unspecified atom stereocenters. The fraction of sp³-hybridized carbons (Fsp3) is 0.818. The van der Waals surface area contributed by atoms with Crippen molar-refractivity contribution in [2.45, 2.75) is 25.3 Å². The van der Waals surface area contributed by atoms with Crippen LogP contribution in [-0.2, 0) is 9.59 Å². The molecule has 3 N–H and O–H groups in total. The van der Waals surface area contributed by atoms with Crippen LogP contribution in [0.1, 0.15) is 19.8 Å². The van der Waals surface area contributed by atoms with Crippen LogP contribution in [0.15, 0.2) is 0 Å². The van der Waals surface area contributed by atoms with Crippen LogP contribution in [0, 0.1) is 5.92 Å². The lowest BCUT2D eigenvalue weighted by Crippen LogP contribution is -2.55. The number of aliphatic hydroxyl groups excluding tert-OH is 2. The molecular weight excluding hydrogens is 224 g/mol. The third-order valence-corrected chi connectivity index (χ3v) is 3.38. The second-order valence-electron chi connectivity index (χ2n) is 4.61. The number of hydrogen-bond acceptors (Lipinski definition) is 4. The summed E-state index contributed by atoms with van der Waals surface area (Å²) in [6.45, 7) is 1.53. The first-order chi connectivity index (χ1) is 7.98. The second-order valence-corrected chi connectivity index (χ2v) is 4.61. The average molecular weight is 244 g/mol. The van der Waals surface area contributed by atoms with E-state index in [1.165, 1.54) is 4.90 Å². The zero-order valence-electron chi connectivity index (χ0n) is 10.3. The molecule has 0 aromatic heterocycles. The number of hydrogen-bond donors (Lipinski definition) is 3. The van der Waals surface area contributed by atoms with Gasteiger partial charge >= 0.3 is 0 Å². The van der Waals surface area contributed by atoms with Crippen LogP contribution in [0.4, 0.5) is 0 Å². The van der Waals surface area contributed by atoms with Gasteiger partial charge < -0.3 is 20.4 Å². The van der Waals surface area contributed by atoms with Crippen molar-refractivity contribution in [2.24, 2.45) is 5.92 Å². The molecule has 2 amide bonds. The van der Waals surface area contributed by atoms with Gasteiger partial charge in [-0.25, -0.2) is 0 Å². The summed E-state index contributed by atoms with van der Waals surface area (Å²) in [6, 6.07) is 0. The van der Waals surface area contributed by atoms with E-state index >= 15 is 0 Å². The van der Waals surface area contributed by atoms with Crippen LogP contribution < -0.4 is 5.32 Å². The maximum absolute atomic E-state index is 11.9. The molecule has 1 aliphatic rings. The molecule has 0 bridgehead atoms. The molecule has 1 aliphatic heterocycles. The highest BCUT2D eigenvalue weighted by Gasteiger charge is 2.36. The Bertz CT molecular complexity index is 294. The van der Waals surface area contributed by atoms with E-state index in [1.807, 2.05) is 0 Å². The van der Waals surface area contributed by atoms with Crippen molar-refractivity contribution in [1.29, 1.82) is 0 Å². The van der Waals surface area contributed by atoms with E-state index in [0.717, 1.165) is 0 Å². The zero-order chi connectivity index (χ0) is 13.1. The number of rotatable bonds is 5. The highest BCUT2D eigenvalue weighted by molar-refractivity contribution is 5.89. The van der Waals surface area contributed by atoms with Crippen LogP contribution >= 0.6 is 0 Å². The Morgan fingerprint density at radius 3 is 2.47 bits per heavy atom. The molecule has 0 radical (unpaired) electrons. The van der Waals surface area contributed by atoms with Gasteiger partial charge in [0, 0.05) is 20.0 Å². The highest BCUT2D eigenvalue weighted by atomic mass is 16.3. The fourth-order valence-corrected chi connectivity index (χ4v) is 1.84. The van der Waals surface area contributed by atoms with Crippen molar-refractivity contribution in [3.63, 3.8) is 0 Å². The summed E-state index contributed by atoms with van der Waals surface area (Å²) in [4.78, 5) is 24.7. The lowest BCUT2D eigenvalue weighted by atomic mass is 9.96. The molecule has 0 saturated carbocycles. The smallest absolute Gasteiger partial charge is 0.226 e. The number of likely N-dealkylation sites (tertiary alicyclic amines) is 1. The Kier molecular flexibility index (Phi) is 4.47. The maximum atomic E-state index is 11.9. The van der Waals surface area contributed by atoms with Crippen molar-refractivity contribution in [3.8, 4) is 0 Å². The van der Waals surface area contributed by atoms with Gasteiger partial charge in [-0.1, -0.05) is 6.92 Å². The number of aliphatic hydroxyl groups is 2. The minimum Gasteiger partial charge on any atom is -0.394 e. The number of nitrogens with zero attached hydrogens (tertiary/aromatic N) is 1. The first-order valence-corrected chi connectivity index (χ1v) is 5.75. The average Bonchev–Trinajstić information content (AvgIpc) is 2.67. The maximum Gasteiger partial charge on any atom is 0.226 e. The number of carbonyl (C=O) groups excluding carboxylic acids is 2. The largest absolute Gasteiger partial charge is 0.394 e. The first kappa shape index (κ1) is 13.9. The standard InChI is InChI=1S/C11H20N2O4/c1-3-11(6-14,7-15)12-10(17)8-4-9(16)13(2)5-8/h8,14-15H,3-7H2,1-2H3,(H,12,17). The Balaban J connectivity index is 2.63. The van der Waals surface area contributed by atoms with E-state index in [4.69, 9.17) is 0 Å². The first-order valence-electron chi connectivity index (χ1n) is 5.75. The van der Waals surface area contributed by atoms with Crippen LogP contribution in [0.2, 0.25) is 0 Å². The number of amides is 2. The van der Waals surface area contributed by atoms with Gasteiger partial charge in [-0.15, -0.1) is 0 Å². The van der Waals surface area contributed by atoms with Crippen molar-refractivity contribution in [3.05, 3.63) is 0 Å². The summed E-state index contributed by atoms with van der Waals surface area (Å²) >= 11 is 0. The molecular formula is C11H20N2O4. The van der Waals surface area contributed by atoms with Gasteiger partial charge in [0.15, 0.2) is 0 Å². The predicted molar refractivity (Wildman–Crippen MR) is 61.1 cm³/mol. The third kappa shape index (κ3) is 2.95. The molecule has 1 rings (SSSR count). The van der Waals surface area contributed by atoms with E-state index in [1.54, 1.807) is 14.0 Å². The Hall–Kier alpha value is -1.14. The highest BCUT2D eigenvalue weighted by Crippen LogP contribution is 2.18. The van der Waals surface area contributed by atoms with Crippen molar-refractivity contribution >= 4 is 11.8 Å². The summed E-state index contributed by atoms with van der Waals surface area (Å²) in [6.07, 6.45) is 0.626. The van der Waals surface area contributed by atoms with Gasteiger partial charge in [-0.05, 0) is 6.42 Å². The summed E-state index contributed by atoms with van der Waals surface area (Å²) in [5, 5.41) is 21.1. The van der Waals surface area contributed by atoms with Crippen molar-refractivity contribution in [1.82, 2.24) is 10.2 Å². The topological polar surface area (TPSA) is 89.9 Å². The molecule has 0 aromatic carbocycles. The molecule has 1 heterocycles. The zero-order valence-corrected chi connectivity index (χ0v) is 10.3. The molecule has 17 heavy (non-hydrogen) atoms. The molecule has 0 aromatic rings. The molecule has 0 aliphatic carbocycles. The molecule has 6 heteroatoms. The van der Waals surface area contributed by atoms with Crippen LogP contribution in [0.5, 0.6) is 0 Å². The number of nitrogens with one attached hydrogen (secondary N) is 1. The van der Waals surface area contributed by atoms with Gasteiger partial charge in [0.05, 0.1) is 24.7 Å². The van der Waals surface area contributed by atoms with Crippen LogP contribution in [0.3, 0.4) is 0 Å². The van der Waals surface area contributed by atoms with Gasteiger partial charge in [0.25, 0.3) is 0 Å². The Morgan fingerprint density at radius 1 is 1.53 bits per heavy atom.